The number of amides is 1. The van der Waals surface area contributed by atoms with Crippen LogP contribution < -0.4 is 10.7 Å². The molecule has 4 N–H and O–H groups in total. The number of hydrogen-bond acceptors (Lipinski definition) is 5. The fourth-order valence-electron chi connectivity index (χ4n) is 1.79. The first-order valence-electron chi connectivity index (χ1n) is 6.69. The van der Waals surface area contributed by atoms with Crippen molar-refractivity contribution in [1.82, 2.24) is 5.43 Å². The van der Waals surface area contributed by atoms with Gasteiger partial charge in [0.05, 0.1) is 12.8 Å². The van der Waals surface area contributed by atoms with Crippen LogP contribution in [0.4, 0.5) is 5.69 Å². The first-order chi connectivity index (χ1) is 10.5. The number of carbonyl (C=O) groups excluding carboxylic acids is 1. The zero-order valence-electron chi connectivity index (χ0n) is 12.1. The zero-order chi connectivity index (χ0) is 15.9. The first kappa shape index (κ1) is 15.4. The van der Waals surface area contributed by atoms with Crippen molar-refractivity contribution in [2.75, 3.05) is 11.9 Å². The number of rotatable bonds is 5. The smallest absolute Gasteiger partial charge is 0.259 e. The number of phenols is 2. The molecule has 0 radical (unpaired) electrons. The van der Waals surface area contributed by atoms with E-state index in [1.54, 1.807) is 0 Å². The normalized spacial score (nSPS) is 10.6. The number of hydrogen-bond donors (Lipinski definition) is 4. The summed E-state index contributed by atoms with van der Waals surface area (Å²) in [5.41, 5.74) is 4.71. The van der Waals surface area contributed by atoms with Gasteiger partial charge in [-0.15, -0.1) is 0 Å². The highest BCUT2D eigenvalue weighted by molar-refractivity contribution is 5.86. The first-order valence-corrected chi connectivity index (χ1v) is 6.69. The van der Waals surface area contributed by atoms with Gasteiger partial charge in [0, 0.05) is 17.3 Å². The van der Waals surface area contributed by atoms with Crippen molar-refractivity contribution >= 4 is 17.8 Å². The fourth-order valence-corrected chi connectivity index (χ4v) is 1.79. The number of aryl methyl sites for hydroxylation is 1. The van der Waals surface area contributed by atoms with Crippen LogP contribution in [-0.4, -0.2) is 28.9 Å². The molecule has 1 amide bonds. The second kappa shape index (κ2) is 7.12. The molecule has 0 bridgehead atoms. The van der Waals surface area contributed by atoms with Crippen molar-refractivity contribution in [2.24, 2.45) is 5.10 Å². The summed E-state index contributed by atoms with van der Waals surface area (Å²) < 4.78 is 0. The number of benzene rings is 2. The van der Waals surface area contributed by atoms with Crippen LogP contribution in [0.3, 0.4) is 0 Å². The minimum absolute atomic E-state index is 0.0407. The van der Waals surface area contributed by atoms with Crippen LogP contribution in [0.2, 0.25) is 0 Å². The lowest BCUT2D eigenvalue weighted by atomic mass is 10.2. The van der Waals surface area contributed by atoms with Crippen molar-refractivity contribution in [3.8, 4) is 11.5 Å². The third kappa shape index (κ3) is 4.52. The van der Waals surface area contributed by atoms with Gasteiger partial charge < -0.3 is 15.5 Å². The maximum absolute atomic E-state index is 11.6. The number of hydrazone groups is 1. The summed E-state index contributed by atoms with van der Waals surface area (Å²) in [4.78, 5) is 11.6. The van der Waals surface area contributed by atoms with Gasteiger partial charge in [-0.3, -0.25) is 4.79 Å². The van der Waals surface area contributed by atoms with Gasteiger partial charge >= 0.3 is 0 Å². The zero-order valence-corrected chi connectivity index (χ0v) is 12.1. The summed E-state index contributed by atoms with van der Waals surface area (Å²) in [6.07, 6.45) is 1.30. The topological polar surface area (TPSA) is 94.0 Å². The highest BCUT2D eigenvalue weighted by atomic mass is 16.3. The van der Waals surface area contributed by atoms with E-state index in [9.17, 15) is 9.90 Å². The minimum Gasteiger partial charge on any atom is -0.508 e. The van der Waals surface area contributed by atoms with E-state index in [0.717, 1.165) is 11.3 Å². The van der Waals surface area contributed by atoms with Crippen LogP contribution in [0.5, 0.6) is 11.5 Å². The van der Waals surface area contributed by atoms with E-state index in [4.69, 9.17) is 5.11 Å². The van der Waals surface area contributed by atoms with Crippen LogP contribution >= 0.6 is 0 Å². The summed E-state index contributed by atoms with van der Waals surface area (Å²) >= 11 is 0. The average Bonchev–Trinajstić information content (AvgIpc) is 2.47. The highest BCUT2D eigenvalue weighted by Crippen LogP contribution is 2.20. The quantitative estimate of drug-likeness (QED) is 0.501. The van der Waals surface area contributed by atoms with Gasteiger partial charge in [0.2, 0.25) is 0 Å². The highest BCUT2D eigenvalue weighted by Gasteiger charge is 2.01. The Morgan fingerprint density at radius 2 is 2.05 bits per heavy atom. The van der Waals surface area contributed by atoms with Gasteiger partial charge in [-0.05, 0) is 36.8 Å². The molecule has 2 aromatic rings. The van der Waals surface area contributed by atoms with Gasteiger partial charge in [-0.25, -0.2) is 5.43 Å². The molecule has 0 saturated heterocycles. The fraction of sp³-hybridized carbons (Fsp3) is 0.125. The molecule has 114 valence electrons. The largest absolute Gasteiger partial charge is 0.508 e. The SMILES string of the molecule is Cc1cccc(NCC(=O)N/N=C\c2ccc(O)cc2O)c1. The molecule has 0 spiro atoms. The minimum atomic E-state index is -0.309. The second-order valence-electron chi connectivity index (χ2n) is 4.76. The Labute approximate surface area is 128 Å². The van der Waals surface area contributed by atoms with Crippen molar-refractivity contribution in [1.29, 1.82) is 0 Å². The predicted octanol–water partition coefficient (Wildman–Crippen LogP) is 1.97. The molecular weight excluding hydrogens is 282 g/mol. The van der Waals surface area contributed by atoms with Crippen LogP contribution in [0.1, 0.15) is 11.1 Å². The number of anilines is 1. The molecule has 22 heavy (non-hydrogen) atoms. The van der Waals surface area contributed by atoms with Crippen LogP contribution in [0, 0.1) is 6.92 Å². The Bertz CT molecular complexity index is 699. The molecule has 0 aromatic heterocycles. The maximum Gasteiger partial charge on any atom is 0.259 e. The van der Waals surface area contributed by atoms with Crippen LogP contribution in [0.25, 0.3) is 0 Å². The van der Waals surface area contributed by atoms with Crippen molar-refractivity contribution in [2.45, 2.75) is 6.92 Å². The summed E-state index contributed by atoms with van der Waals surface area (Å²) in [6.45, 7) is 2.06. The Morgan fingerprint density at radius 3 is 2.77 bits per heavy atom. The van der Waals surface area contributed by atoms with Gasteiger partial charge in [0.1, 0.15) is 11.5 Å². The van der Waals surface area contributed by atoms with Crippen LogP contribution in [-0.2, 0) is 4.79 Å². The molecule has 0 aliphatic rings. The van der Waals surface area contributed by atoms with E-state index in [2.05, 4.69) is 15.8 Å². The van der Waals surface area contributed by atoms with Crippen molar-refractivity contribution in [3.05, 3.63) is 53.6 Å². The number of nitrogens with zero attached hydrogens (tertiary/aromatic N) is 1. The summed E-state index contributed by atoms with van der Waals surface area (Å²) in [5.74, 6) is -0.465. The van der Waals surface area contributed by atoms with Gasteiger partial charge in [0.25, 0.3) is 5.91 Å². The van der Waals surface area contributed by atoms with E-state index >= 15 is 0 Å². The Kier molecular flexibility index (Phi) is 4.98. The van der Waals surface area contributed by atoms with E-state index < -0.39 is 0 Å². The molecule has 0 heterocycles. The van der Waals surface area contributed by atoms with Gasteiger partial charge in [-0.2, -0.15) is 5.10 Å². The summed E-state index contributed by atoms with van der Waals surface area (Å²) in [6, 6.07) is 11.8. The Balaban J connectivity index is 1.83. The molecule has 6 nitrogen and oxygen atoms in total. The van der Waals surface area contributed by atoms with E-state index in [0.29, 0.717) is 5.56 Å². The van der Waals surface area contributed by atoms with Gasteiger partial charge in [0.15, 0.2) is 0 Å². The average molecular weight is 299 g/mol. The van der Waals surface area contributed by atoms with Crippen molar-refractivity contribution < 1.29 is 15.0 Å². The third-order valence-electron chi connectivity index (χ3n) is 2.88. The Hall–Kier alpha value is -3.02. The molecule has 0 fully saturated rings. The summed E-state index contributed by atoms with van der Waals surface area (Å²) in [7, 11) is 0. The lowest BCUT2D eigenvalue weighted by Crippen LogP contribution is -2.25. The van der Waals surface area contributed by atoms with E-state index in [1.165, 1.54) is 24.4 Å². The molecular formula is C16H17N3O3. The van der Waals surface area contributed by atoms with E-state index in [-0.39, 0.29) is 24.0 Å². The molecule has 0 aliphatic heterocycles. The van der Waals surface area contributed by atoms with Crippen LogP contribution in [0.15, 0.2) is 47.6 Å². The number of carbonyl (C=O) groups is 1. The molecule has 2 rings (SSSR count). The number of nitrogens with one attached hydrogen (secondary N) is 2. The molecule has 6 heteroatoms. The predicted molar refractivity (Wildman–Crippen MR) is 85.2 cm³/mol. The lowest BCUT2D eigenvalue weighted by Gasteiger charge is -2.05. The molecule has 0 unspecified atom stereocenters. The third-order valence-corrected chi connectivity index (χ3v) is 2.88. The summed E-state index contributed by atoms with van der Waals surface area (Å²) in [5, 5.41) is 25.5. The molecule has 0 aliphatic carbocycles. The van der Waals surface area contributed by atoms with Crippen molar-refractivity contribution in [3.63, 3.8) is 0 Å². The Morgan fingerprint density at radius 1 is 1.23 bits per heavy atom. The molecule has 0 saturated carbocycles. The van der Waals surface area contributed by atoms with E-state index in [1.807, 2.05) is 31.2 Å². The maximum atomic E-state index is 11.6. The number of phenolic OH excluding ortho intramolecular Hbond substituents is 2. The monoisotopic (exact) mass is 299 g/mol. The van der Waals surface area contributed by atoms with Gasteiger partial charge in [-0.1, -0.05) is 12.1 Å². The second-order valence-corrected chi connectivity index (χ2v) is 4.76. The lowest BCUT2D eigenvalue weighted by molar-refractivity contribution is -0.119. The molecule has 2 aromatic carbocycles. The number of aromatic hydroxyl groups is 2. The molecule has 0 atom stereocenters. The standard InChI is InChI=1S/C16H17N3O3/c1-11-3-2-4-13(7-11)17-10-16(22)19-18-9-12-5-6-14(20)8-15(12)21/h2-9,17,20-21H,10H2,1H3,(H,19,22)/b18-9-.